The molecule has 24 heavy (non-hydrogen) atoms. The number of unbranched alkanes of at least 4 members (excludes halogenated alkanes) is 1. The van der Waals surface area contributed by atoms with Crippen LogP contribution in [0.3, 0.4) is 0 Å². The number of carbonyl (C=O) groups is 2. The lowest BCUT2D eigenvalue weighted by atomic mass is 10.2. The van der Waals surface area contributed by atoms with Crippen LogP contribution in [0, 0.1) is 0 Å². The maximum absolute atomic E-state index is 11.9. The van der Waals surface area contributed by atoms with Crippen molar-refractivity contribution < 1.29 is 23.8 Å². The Kier molecular flexibility index (Phi) is 7.55. The summed E-state index contributed by atoms with van der Waals surface area (Å²) in [7, 11) is 0. The molecule has 132 valence electrons. The van der Waals surface area contributed by atoms with Gasteiger partial charge in [0.1, 0.15) is 12.4 Å². The maximum Gasteiger partial charge on any atom is 0.338 e. The largest absolute Gasteiger partial charge is 0.491 e. The molecule has 1 aromatic rings. The van der Waals surface area contributed by atoms with Crippen molar-refractivity contribution in [1.29, 1.82) is 0 Å². The molecule has 2 rings (SSSR count). The van der Waals surface area contributed by atoms with Gasteiger partial charge in [-0.05, 0) is 43.5 Å². The molecule has 1 unspecified atom stereocenters. The highest BCUT2D eigenvalue weighted by atomic mass is 16.5. The second-order valence-electron chi connectivity index (χ2n) is 5.75. The summed E-state index contributed by atoms with van der Waals surface area (Å²) in [5.41, 5.74) is 0.390. The number of hydrogen-bond donors (Lipinski definition) is 1. The number of nitrogens with one attached hydrogen (secondary N) is 1. The quantitative estimate of drug-likeness (QED) is 0.554. The summed E-state index contributed by atoms with van der Waals surface area (Å²) >= 11 is 0. The van der Waals surface area contributed by atoms with Gasteiger partial charge in [0.2, 0.25) is 0 Å². The fraction of sp³-hybridized carbons (Fsp3) is 0.556. The molecule has 1 amide bonds. The summed E-state index contributed by atoms with van der Waals surface area (Å²) in [6.07, 6.45) is 4.16. The summed E-state index contributed by atoms with van der Waals surface area (Å²) in [6.45, 7) is 3.69. The van der Waals surface area contributed by atoms with E-state index >= 15 is 0 Å². The van der Waals surface area contributed by atoms with E-state index in [0.29, 0.717) is 24.5 Å². The van der Waals surface area contributed by atoms with Crippen molar-refractivity contribution in [1.82, 2.24) is 5.32 Å². The average molecular weight is 335 g/mol. The minimum Gasteiger partial charge on any atom is -0.491 e. The molecule has 6 heteroatoms. The molecule has 0 spiro atoms. The van der Waals surface area contributed by atoms with Crippen molar-refractivity contribution in [3.05, 3.63) is 29.8 Å². The van der Waals surface area contributed by atoms with E-state index in [1.807, 2.05) is 6.92 Å². The van der Waals surface area contributed by atoms with Gasteiger partial charge in [0.25, 0.3) is 5.91 Å². The van der Waals surface area contributed by atoms with E-state index in [2.05, 4.69) is 5.32 Å². The molecule has 1 aliphatic heterocycles. The maximum atomic E-state index is 11.9. The molecule has 0 bridgehead atoms. The van der Waals surface area contributed by atoms with Gasteiger partial charge in [-0.2, -0.15) is 0 Å². The summed E-state index contributed by atoms with van der Waals surface area (Å²) in [5, 5.41) is 2.69. The first-order valence-electron chi connectivity index (χ1n) is 8.47. The van der Waals surface area contributed by atoms with E-state index < -0.39 is 5.97 Å². The zero-order valence-corrected chi connectivity index (χ0v) is 14.1. The molecule has 1 heterocycles. The Balaban J connectivity index is 1.71. The first-order valence-corrected chi connectivity index (χ1v) is 8.47. The summed E-state index contributed by atoms with van der Waals surface area (Å²) in [4.78, 5) is 23.4. The van der Waals surface area contributed by atoms with Crippen LogP contribution >= 0.6 is 0 Å². The molecular weight excluding hydrogens is 310 g/mol. The zero-order valence-electron chi connectivity index (χ0n) is 14.1. The summed E-state index contributed by atoms with van der Waals surface area (Å²) in [5.74, 6) is -0.126. The first-order chi connectivity index (χ1) is 11.7. The number of esters is 1. The molecule has 1 aliphatic rings. The van der Waals surface area contributed by atoms with Crippen LogP contribution in [0.1, 0.15) is 43.0 Å². The second-order valence-corrected chi connectivity index (χ2v) is 5.75. The van der Waals surface area contributed by atoms with Crippen LogP contribution in [0.2, 0.25) is 0 Å². The highest BCUT2D eigenvalue weighted by Gasteiger charge is 2.16. The number of benzene rings is 1. The predicted molar refractivity (Wildman–Crippen MR) is 89.1 cm³/mol. The normalized spacial score (nSPS) is 16.6. The molecule has 1 fully saturated rings. The lowest BCUT2D eigenvalue weighted by Gasteiger charge is -2.11. The van der Waals surface area contributed by atoms with Gasteiger partial charge in [-0.25, -0.2) is 4.79 Å². The standard InChI is InChI=1S/C18H25NO5/c1-2-3-10-19-17(20)13-24-18(21)14-6-8-15(9-7-14)23-12-16-5-4-11-22-16/h6-9,16H,2-5,10-13H2,1H3,(H,19,20). The van der Waals surface area contributed by atoms with E-state index in [-0.39, 0.29) is 18.6 Å². The van der Waals surface area contributed by atoms with Gasteiger partial charge < -0.3 is 19.5 Å². The Morgan fingerprint density at radius 1 is 1.29 bits per heavy atom. The lowest BCUT2D eigenvalue weighted by molar-refractivity contribution is -0.124. The highest BCUT2D eigenvalue weighted by molar-refractivity contribution is 5.91. The van der Waals surface area contributed by atoms with Crippen LogP contribution in [0.25, 0.3) is 0 Å². The molecule has 6 nitrogen and oxygen atoms in total. The third-order valence-corrected chi connectivity index (χ3v) is 3.74. The zero-order chi connectivity index (χ0) is 17.2. The van der Waals surface area contributed by atoms with E-state index in [1.54, 1.807) is 24.3 Å². The monoisotopic (exact) mass is 335 g/mol. The second kappa shape index (κ2) is 9.93. The van der Waals surface area contributed by atoms with Gasteiger partial charge in [0.15, 0.2) is 6.61 Å². The number of rotatable bonds is 9. The fourth-order valence-electron chi connectivity index (χ4n) is 2.32. The third-order valence-electron chi connectivity index (χ3n) is 3.74. The molecule has 0 radical (unpaired) electrons. The van der Waals surface area contributed by atoms with E-state index in [0.717, 1.165) is 32.3 Å². The van der Waals surface area contributed by atoms with E-state index in [4.69, 9.17) is 14.2 Å². The number of hydrogen-bond acceptors (Lipinski definition) is 5. The molecule has 1 atom stereocenters. The minimum absolute atomic E-state index is 0.154. The third kappa shape index (κ3) is 6.20. The Labute approximate surface area is 142 Å². The molecular formula is C18H25NO5. The molecule has 1 N–H and O–H groups in total. The highest BCUT2D eigenvalue weighted by Crippen LogP contribution is 2.17. The lowest BCUT2D eigenvalue weighted by Crippen LogP contribution is -2.29. The van der Waals surface area contributed by atoms with Crippen molar-refractivity contribution in [2.24, 2.45) is 0 Å². The van der Waals surface area contributed by atoms with Crippen molar-refractivity contribution >= 4 is 11.9 Å². The van der Waals surface area contributed by atoms with Gasteiger partial charge in [-0.15, -0.1) is 0 Å². The number of amides is 1. The average Bonchev–Trinajstić information content (AvgIpc) is 3.12. The predicted octanol–water partition coefficient (Wildman–Crippen LogP) is 2.32. The smallest absolute Gasteiger partial charge is 0.338 e. The minimum atomic E-state index is -0.522. The number of ether oxygens (including phenoxy) is 3. The summed E-state index contributed by atoms with van der Waals surface area (Å²) < 4.78 is 16.1. The molecule has 1 saturated heterocycles. The Hall–Kier alpha value is -2.08. The van der Waals surface area contributed by atoms with Crippen LogP contribution in [0.4, 0.5) is 0 Å². The molecule has 1 aromatic carbocycles. The fourth-order valence-corrected chi connectivity index (χ4v) is 2.32. The van der Waals surface area contributed by atoms with E-state index in [1.165, 1.54) is 0 Å². The van der Waals surface area contributed by atoms with Gasteiger partial charge in [-0.3, -0.25) is 4.79 Å². The topological polar surface area (TPSA) is 73.9 Å². The van der Waals surface area contributed by atoms with Crippen LogP contribution in [-0.4, -0.2) is 44.3 Å². The van der Waals surface area contributed by atoms with Crippen molar-refractivity contribution in [3.63, 3.8) is 0 Å². The number of carbonyl (C=O) groups excluding carboxylic acids is 2. The van der Waals surface area contributed by atoms with Gasteiger partial charge in [-0.1, -0.05) is 13.3 Å². The van der Waals surface area contributed by atoms with Gasteiger partial charge in [0.05, 0.1) is 11.7 Å². The van der Waals surface area contributed by atoms with Gasteiger partial charge in [0, 0.05) is 13.2 Å². The van der Waals surface area contributed by atoms with Crippen LogP contribution in [0.5, 0.6) is 5.75 Å². The SMILES string of the molecule is CCCCNC(=O)COC(=O)c1ccc(OCC2CCCO2)cc1. The van der Waals surface area contributed by atoms with Crippen LogP contribution < -0.4 is 10.1 Å². The van der Waals surface area contributed by atoms with Crippen molar-refractivity contribution in [3.8, 4) is 5.75 Å². The Bertz CT molecular complexity index is 523. The van der Waals surface area contributed by atoms with E-state index in [9.17, 15) is 9.59 Å². The van der Waals surface area contributed by atoms with Crippen molar-refractivity contribution in [2.45, 2.75) is 38.7 Å². The van der Waals surface area contributed by atoms with Crippen LogP contribution in [0.15, 0.2) is 24.3 Å². The van der Waals surface area contributed by atoms with Crippen LogP contribution in [-0.2, 0) is 14.3 Å². The summed E-state index contributed by atoms with van der Waals surface area (Å²) in [6, 6.07) is 6.68. The Morgan fingerprint density at radius 2 is 2.08 bits per heavy atom. The van der Waals surface area contributed by atoms with Gasteiger partial charge >= 0.3 is 5.97 Å². The molecule has 0 saturated carbocycles. The Morgan fingerprint density at radius 3 is 2.75 bits per heavy atom. The molecule has 0 aliphatic carbocycles. The van der Waals surface area contributed by atoms with Crippen molar-refractivity contribution in [2.75, 3.05) is 26.4 Å². The molecule has 0 aromatic heterocycles. The first kappa shape index (κ1) is 18.3.